The lowest BCUT2D eigenvalue weighted by Crippen LogP contribution is -2.31. The summed E-state index contributed by atoms with van der Waals surface area (Å²) >= 11 is 0. The average molecular weight is 364 g/mol. The van der Waals surface area contributed by atoms with Crippen molar-refractivity contribution in [3.8, 4) is 0 Å². The van der Waals surface area contributed by atoms with Crippen LogP contribution in [0.2, 0.25) is 0 Å². The van der Waals surface area contributed by atoms with E-state index in [1.165, 1.54) is 27.8 Å². The van der Waals surface area contributed by atoms with Gasteiger partial charge in [0.2, 0.25) is 0 Å². The highest BCUT2D eigenvalue weighted by Gasteiger charge is 2.14. The average Bonchev–Trinajstić information content (AvgIpc) is 3.12. The van der Waals surface area contributed by atoms with E-state index in [-0.39, 0.29) is 0 Å². The molecule has 5 nitrogen and oxygen atoms in total. The third kappa shape index (κ3) is 5.01. The Hall–Kier alpha value is -2.53. The Kier molecular flexibility index (Phi) is 6.01. The summed E-state index contributed by atoms with van der Waals surface area (Å²) in [6.07, 6.45) is 6.20. The van der Waals surface area contributed by atoms with E-state index in [1.807, 2.05) is 16.9 Å². The maximum absolute atomic E-state index is 4.51. The van der Waals surface area contributed by atoms with Crippen LogP contribution >= 0.6 is 0 Å². The van der Waals surface area contributed by atoms with E-state index in [0.717, 1.165) is 25.2 Å². The smallest absolute Gasteiger partial charge is 0.137 e. The van der Waals surface area contributed by atoms with Gasteiger partial charge in [-0.3, -0.25) is 9.88 Å². The van der Waals surface area contributed by atoms with Crippen LogP contribution in [0.5, 0.6) is 0 Å². The van der Waals surface area contributed by atoms with Gasteiger partial charge in [-0.05, 0) is 74.7 Å². The molecule has 1 atom stereocenters. The summed E-state index contributed by atoms with van der Waals surface area (Å²) in [5.74, 6) is 0. The van der Waals surface area contributed by atoms with Gasteiger partial charge in [0.15, 0.2) is 0 Å². The minimum atomic E-state index is 0.416. The first-order valence-electron chi connectivity index (χ1n) is 9.45. The lowest BCUT2D eigenvalue weighted by Gasteiger charge is -2.26. The molecule has 3 aromatic rings. The van der Waals surface area contributed by atoms with Crippen LogP contribution in [0.15, 0.2) is 43.1 Å². The summed E-state index contributed by atoms with van der Waals surface area (Å²) in [6.45, 7) is 10.4. The number of hydrogen-bond donors (Lipinski definition) is 0. The predicted molar refractivity (Wildman–Crippen MR) is 109 cm³/mol. The van der Waals surface area contributed by atoms with E-state index < -0.39 is 0 Å². The second-order valence-electron chi connectivity index (χ2n) is 7.59. The molecule has 0 amide bonds. The number of rotatable bonds is 7. The Morgan fingerprint density at radius 2 is 1.85 bits per heavy atom. The zero-order valence-corrected chi connectivity index (χ0v) is 17.0. The van der Waals surface area contributed by atoms with Crippen molar-refractivity contribution in [2.45, 2.75) is 53.2 Å². The van der Waals surface area contributed by atoms with Gasteiger partial charge >= 0.3 is 0 Å². The Morgan fingerprint density at radius 3 is 2.56 bits per heavy atom. The van der Waals surface area contributed by atoms with Crippen LogP contribution in [0, 0.1) is 20.8 Å². The first-order chi connectivity index (χ1) is 12.9. The Balaban J connectivity index is 1.71. The molecule has 0 aliphatic carbocycles. The molecule has 2 aromatic heterocycles. The molecule has 0 fully saturated rings. The molecule has 3 rings (SSSR count). The van der Waals surface area contributed by atoms with Crippen molar-refractivity contribution in [3.05, 3.63) is 76.6 Å². The van der Waals surface area contributed by atoms with Gasteiger partial charge < -0.3 is 0 Å². The standard InChI is InChI=1S/C22H29N5/c1-16-6-7-24-22(8-16)10-19(4)26(5)12-20-11-21(18(3)9-17(20)2)13-27-15-23-14-25-27/h6-9,11,14-15,19H,10,12-13H2,1-5H3/t19-/m0/s1. The molecule has 0 radical (unpaired) electrons. The van der Waals surface area contributed by atoms with Crippen LogP contribution in [0.25, 0.3) is 0 Å². The van der Waals surface area contributed by atoms with Gasteiger partial charge in [0, 0.05) is 30.9 Å². The zero-order valence-electron chi connectivity index (χ0n) is 17.0. The fourth-order valence-corrected chi connectivity index (χ4v) is 3.37. The molecule has 0 N–H and O–H groups in total. The van der Waals surface area contributed by atoms with Crippen molar-refractivity contribution in [1.82, 2.24) is 24.6 Å². The largest absolute Gasteiger partial charge is 0.299 e. The van der Waals surface area contributed by atoms with Gasteiger partial charge in [0.25, 0.3) is 0 Å². The molecule has 1 aromatic carbocycles. The van der Waals surface area contributed by atoms with Gasteiger partial charge in [-0.2, -0.15) is 5.10 Å². The van der Waals surface area contributed by atoms with E-state index in [9.17, 15) is 0 Å². The number of nitrogens with zero attached hydrogens (tertiary/aromatic N) is 5. The van der Waals surface area contributed by atoms with E-state index >= 15 is 0 Å². The van der Waals surface area contributed by atoms with Gasteiger partial charge in [-0.25, -0.2) is 9.67 Å². The van der Waals surface area contributed by atoms with Gasteiger partial charge in [-0.15, -0.1) is 0 Å². The highest BCUT2D eigenvalue weighted by atomic mass is 15.3. The Labute approximate surface area is 162 Å². The van der Waals surface area contributed by atoms with Crippen LogP contribution in [-0.2, 0) is 19.5 Å². The minimum Gasteiger partial charge on any atom is -0.299 e. The summed E-state index contributed by atoms with van der Waals surface area (Å²) in [7, 11) is 2.19. The summed E-state index contributed by atoms with van der Waals surface area (Å²) in [5.41, 5.74) is 7.71. The minimum absolute atomic E-state index is 0.416. The summed E-state index contributed by atoms with van der Waals surface area (Å²) in [6, 6.07) is 9.24. The Morgan fingerprint density at radius 1 is 1.07 bits per heavy atom. The molecule has 0 aliphatic heterocycles. The van der Waals surface area contributed by atoms with E-state index in [0.29, 0.717) is 6.04 Å². The summed E-state index contributed by atoms with van der Waals surface area (Å²) in [5, 5.41) is 4.24. The van der Waals surface area contributed by atoms with Crippen molar-refractivity contribution < 1.29 is 0 Å². The number of aryl methyl sites for hydroxylation is 3. The summed E-state index contributed by atoms with van der Waals surface area (Å²) in [4.78, 5) is 11.0. The molecular formula is C22H29N5. The van der Waals surface area contributed by atoms with Gasteiger partial charge in [0.05, 0.1) is 6.54 Å². The fraction of sp³-hybridized carbons (Fsp3) is 0.409. The third-order valence-corrected chi connectivity index (χ3v) is 5.24. The zero-order chi connectivity index (χ0) is 19.4. The number of hydrogen-bond acceptors (Lipinski definition) is 4. The van der Waals surface area contributed by atoms with Crippen molar-refractivity contribution in [2.75, 3.05) is 7.05 Å². The highest BCUT2D eigenvalue weighted by molar-refractivity contribution is 5.37. The van der Waals surface area contributed by atoms with Crippen molar-refractivity contribution in [2.24, 2.45) is 0 Å². The Bertz CT molecular complexity index is 886. The number of benzene rings is 1. The summed E-state index contributed by atoms with van der Waals surface area (Å²) < 4.78 is 1.87. The molecule has 0 spiro atoms. The van der Waals surface area contributed by atoms with Crippen LogP contribution < -0.4 is 0 Å². The lowest BCUT2D eigenvalue weighted by molar-refractivity contribution is 0.246. The maximum Gasteiger partial charge on any atom is 0.137 e. The fourth-order valence-electron chi connectivity index (χ4n) is 3.37. The second-order valence-corrected chi connectivity index (χ2v) is 7.59. The quantitative estimate of drug-likeness (QED) is 0.642. The first-order valence-corrected chi connectivity index (χ1v) is 9.45. The number of pyridine rings is 1. The van der Waals surface area contributed by atoms with Crippen molar-refractivity contribution in [1.29, 1.82) is 0 Å². The van der Waals surface area contributed by atoms with Gasteiger partial charge in [0.1, 0.15) is 12.7 Å². The van der Waals surface area contributed by atoms with Crippen LogP contribution in [0.4, 0.5) is 0 Å². The molecule has 142 valence electrons. The number of likely N-dealkylation sites (N-methyl/N-ethyl adjacent to an activating group) is 1. The van der Waals surface area contributed by atoms with Crippen LogP contribution in [-0.4, -0.2) is 37.7 Å². The predicted octanol–water partition coefficient (Wildman–Crippen LogP) is 3.71. The molecule has 0 bridgehead atoms. The molecule has 0 aliphatic rings. The lowest BCUT2D eigenvalue weighted by atomic mass is 9.99. The van der Waals surface area contributed by atoms with Crippen LogP contribution in [0.1, 0.15) is 40.4 Å². The highest BCUT2D eigenvalue weighted by Crippen LogP contribution is 2.20. The topological polar surface area (TPSA) is 46.8 Å². The first kappa shape index (κ1) is 19.2. The van der Waals surface area contributed by atoms with Gasteiger partial charge in [-0.1, -0.05) is 12.1 Å². The van der Waals surface area contributed by atoms with E-state index in [4.69, 9.17) is 0 Å². The molecule has 0 saturated heterocycles. The molecular weight excluding hydrogens is 334 g/mol. The van der Waals surface area contributed by atoms with Crippen molar-refractivity contribution >= 4 is 0 Å². The molecule has 27 heavy (non-hydrogen) atoms. The van der Waals surface area contributed by atoms with E-state index in [1.54, 1.807) is 12.7 Å². The number of aromatic nitrogens is 4. The van der Waals surface area contributed by atoms with Crippen LogP contribution in [0.3, 0.4) is 0 Å². The SMILES string of the molecule is Cc1ccnc(C[C@H](C)N(C)Cc2cc(Cn3cncn3)c(C)cc2C)c1. The third-order valence-electron chi connectivity index (χ3n) is 5.24. The molecule has 0 unspecified atom stereocenters. The van der Waals surface area contributed by atoms with E-state index in [2.05, 4.69) is 72.9 Å². The normalized spacial score (nSPS) is 12.5. The molecule has 2 heterocycles. The maximum atomic E-state index is 4.51. The second kappa shape index (κ2) is 8.44. The molecule has 5 heteroatoms. The van der Waals surface area contributed by atoms with Crippen molar-refractivity contribution in [3.63, 3.8) is 0 Å². The monoisotopic (exact) mass is 363 g/mol. The molecule has 0 saturated carbocycles.